The summed E-state index contributed by atoms with van der Waals surface area (Å²) in [6, 6.07) is 27.2. The Morgan fingerprint density at radius 3 is 2.29 bits per heavy atom. The molecule has 2 saturated heterocycles. The molecule has 2 amide bonds. The van der Waals surface area contributed by atoms with E-state index in [1.54, 1.807) is 29.3 Å². The van der Waals surface area contributed by atoms with Crippen molar-refractivity contribution in [3.05, 3.63) is 107 Å². The van der Waals surface area contributed by atoms with Crippen LogP contribution in [0.1, 0.15) is 11.6 Å². The lowest BCUT2D eigenvalue weighted by molar-refractivity contribution is -0.126. The first-order valence-corrected chi connectivity index (χ1v) is 11.6. The topological polar surface area (TPSA) is 49.9 Å². The van der Waals surface area contributed by atoms with E-state index in [1.807, 2.05) is 66.7 Å². The van der Waals surface area contributed by atoms with E-state index in [9.17, 15) is 9.59 Å². The van der Waals surface area contributed by atoms with Crippen LogP contribution in [0.3, 0.4) is 0 Å². The Morgan fingerprint density at radius 1 is 0.765 bits per heavy atom. The normalized spacial score (nSPS) is 22.0. The molecule has 34 heavy (non-hydrogen) atoms. The smallest absolute Gasteiger partial charge is 0.266 e. The number of hydrogen-bond acceptors (Lipinski definition) is 4. The van der Waals surface area contributed by atoms with Gasteiger partial charge in [0.2, 0.25) is 5.91 Å². The van der Waals surface area contributed by atoms with Crippen molar-refractivity contribution in [1.82, 2.24) is 0 Å². The first kappa shape index (κ1) is 21.2. The molecule has 2 heterocycles. The van der Waals surface area contributed by atoms with Gasteiger partial charge in [-0.25, -0.2) is 9.96 Å². The lowest BCUT2D eigenvalue weighted by atomic mass is 9.90. The number of imide groups is 1. The minimum absolute atomic E-state index is 0.319. The van der Waals surface area contributed by atoms with E-state index >= 15 is 0 Å². The van der Waals surface area contributed by atoms with Gasteiger partial charge in [0.1, 0.15) is 5.92 Å². The number of rotatable bonds is 3. The van der Waals surface area contributed by atoms with Crippen LogP contribution in [0.25, 0.3) is 10.8 Å². The van der Waals surface area contributed by atoms with Crippen molar-refractivity contribution in [2.75, 3.05) is 9.96 Å². The van der Waals surface area contributed by atoms with Crippen molar-refractivity contribution in [3.63, 3.8) is 0 Å². The summed E-state index contributed by atoms with van der Waals surface area (Å²) < 4.78 is 0. The van der Waals surface area contributed by atoms with E-state index in [0.717, 1.165) is 16.5 Å². The third-order valence-electron chi connectivity index (χ3n) is 6.41. The number of halogens is 2. The number of carbonyl (C=O) groups is 2. The number of benzene rings is 4. The molecule has 4 aromatic rings. The highest BCUT2D eigenvalue weighted by atomic mass is 35.5. The molecule has 0 unspecified atom stereocenters. The molecule has 0 saturated carbocycles. The molecule has 0 N–H and O–H groups in total. The Labute approximate surface area is 206 Å². The number of anilines is 2. The van der Waals surface area contributed by atoms with E-state index < -0.39 is 18.1 Å². The molecule has 0 aliphatic carbocycles. The van der Waals surface area contributed by atoms with Crippen molar-refractivity contribution in [3.8, 4) is 0 Å². The largest absolute Gasteiger partial charge is 0.273 e. The molecule has 4 aromatic carbocycles. The van der Waals surface area contributed by atoms with E-state index in [1.165, 1.54) is 4.90 Å². The van der Waals surface area contributed by atoms with Crippen molar-refractivity contribution >= 4 is 57.2 Å². The molecule has 7 heteroatoms. The number of carbonyl (C=O) groups excluding carboxylic acids is 2. The fourth-order valence-corrected chi connectivity index (χ4v) is 5.43. The molecule has 6 rings (SSSR count). The maximum Gasteiger partial charge on any atom is 0.266 e. The average molecular weight is 489 g/mol. The molecule has 0 spiro atoms. The third kappa shape index (κ3) is 3.20. The van der Waals surface area contributed by atoms with Gasteiger partial charge in [0.05, 0.1) is 17.4 Å². The maximum atomic E-state index is 13.9. The van der Waals surface area contributed by atoms with Crippen LogP contribution in [0.15, 0.2) is 91.0 Å². The summed E-state index contributed by atoms with van der Waals surface area (Å²) in [5.41, 5.74) is 1.95. The summed E-state index contributed by atoms with van der Waals surface area (Å²) in [6.45, 7) is 0. The van der Waals surface area contributed by atoms with Crippen LogP contribution in [0, 0.1) is 5.92 Å². The van der Waals surface area contributed by atoms with Gasteiger partial charge in [-0.15, -0.1) is 0 Å². The summed E-state index contributed by atoms with van der Waals surface area (Å²) in [7, 11) is 0. The van der Waals surface area contributed by atoms with Crippen LogP contribution in [-0.4, -0.2) is 17.9 Å². The standard InChI is InChI=1S/C27H18Cl2N2O3/c28-17-13-14-20(21(29)15-17)24-23-25(34-31(24)18-9-2-1-3-10-18)27(33)30(26(23)32)22-12-6-8-16-7-4-5-11-19(16)22/h1-15,23-25H/t23-,24+,25-/m1/s1. The molecule has 0 aromatic heterocycles. The fourth-order valence-electron chi connectivity index (χ4n) is 4.91. The van der Waals surface area contributed by atoms with E-state index in [4.69, 9.17) is 28.0 Å². The Bertz CT molecular complexity index is 1440. The second-order valence-corrected chi connectivity index (χ2v) is 9.18. The van der Waals surface area contributed by atoms with Crippen LogP contribution in [0.2, 0.25) is 10.0 Å². The van der Waals surface area contributed by atoms with Crippen LogP contribution in [-0.2, 0) is 14.4 Å². The lowest BCUT2D eigenvalue weighted by Gasteiger charge is -2.29. The van der Waals surface area contributed by atoms with Gasteiger partial charge in [-0.3, -0.25) is 14.4 Å². The minimum atomic E-state index is -0.969. The molecule has 2 fully saturated rings. The maximum absolute atomic E-state index is 13.9. The Kier molecular flexibility index (Phi) is 5.06. The van der Waals surface area contributed by atoms with Gasteiger partial charge in [0, 0.05) is 15.4 Å². The Morgan fingerprint density at radius 2 is 1.50 bits per heavy atom. The zero-order chi connectivity index (χ0) is 23.4. The van der Waals surface area contributed by atoms with Gasteiger partial charge < -0.3 is 0 Å². The monoisotopic (exact) mass is 488 g/mol. The van der Waals surface area contributed by atoms with Crippen LogP contribution >= 0.6 is 23.2 Å². The molecule has 2 aliphatic heterocycles. The lowest BCUT2D eigenvalue weighted by Crippen LogP contribution is -2.37. The SMILES string of the molecule is O=C1[C@H]2[C@@H](ON(c3ccccc3)[C@H]2c2ccc(Cl)cc2Cl)C(=O)N1c1cccc2ccccc12. The Hall–Kier alpha value is -3.38. The predicted molar refractivity (Wildman–Crippen MR) is 133 cm³/mol. The van der Waals surface area contributed by atoms with Gasteiger partial charge >= 0.3 is 0 Å². The summed E-state index contributed by atoms with van der Waals surface area (Å²) in [6.07, 6.45) is -0.969. The summed E-state index contributed by atoms with van der Waals surface area (Å²) in [4.78, 5) is 35.0. The van der Waals surface area contributed by atoms with Crippen LogP contribution < -0.4 is 9.96 Å². The highest BCUT2D eigenvalue weighted by molar-refractivity contribution is 6.35. The predicted octanol–water partition coefficient (Wildman–Crippen LogP) is 6.20. The zero-order valence-electron chi connectivity index (χ0n) is 17.8. The highest BCUT2D eigenvalue weighted by Gasteiger charge is 2.60. The zero-order valence-corrected chi connectivity index (χ0v) is 19.3. The van der Waals surface area contributed by atoms with Gasteiger partial charge in [-0.2, -0.15) is 0 Å². The van der Waals surface area contributed by atoms with E-state index in [2.05, 4.69) is 0 Å². The van der Waals surface area contributed by atoms with Gasteiger partial charge in [-0.1, -0.05) is 83.9 Å². The number of para-hydroxylation sites is 1. The highest BCUT2D eigenvalue weighted by Crippen LogP contribution is 2.49. The number of nitrogens with zero attached hydrogens (tertiary/aromatic N) is 2. The molecule has 0 radical (unpaired) electrons. The minimum Gasteiger partial charge on any atom is -0.273 e. The van der Waals surface area contributed by atoms with Crippen molar-refractivity contribution in [2.45, 2.75) is 12.1 Å². The van der Waals surface area contributed by atoms with Crippen molar-refractivity contribution < 1.29 is 14.4 Å². The first-order chi connectivity index (χ1) is 16.5. The number of hydroxylamine groups is 1. The van der Waals surface area contributed by atoms with E-state index in [0.29, 0.717) is 21.3 Å². The number of amides is 2. The van der Waals surface area contributed by atoms with Gasteiger partial charge in [0.25, 0.3) is 5.91 Å². The molecular weight excluding hydrogens is 471 g/mol. The first-order valence-electron chi connectivity index (χ1n) is 10.9. The second kappa shape index (κ2) is 8.13. The van der Waals surface area contributed by atoms with Crippen molar-refractivity contribution in [2.24, 2.45) is 5.92 Å². The average Bonchev–Trinajstić information content (AvgIpc) is 3.35. The summed E-state index contributed by atoms with van der Waals surface area (Å²) in [5.74, 6) is -1.48. The third-order valence-corrected chi connectivity index (χ3v) is 6.98. The summed E-state index contributed by atoms with van der Waals surface area (Å²) >= 11 is 12.7. The molecule has 168 valence electrons. The molecule has 5 nitrogen and oxygen atoms in total. The van der Waals surface area contributed by atoms with Gasteiger partial charge in [0.15, 0.2) is 6.10 Å². The molecule has 0 bridgehead atoms. The second-order valence-electron chi connectivity index (χ2n) is 8.33. The van der Waals surface area contributed by atoms with Gasteiger partial charge in [-0.05, 0) is 41.3 Å². The molecular formula is C27H18Cl2N2O3. The van der Waals surface area contributed by atoms with Crippen molar-refractivity contribution in [1.29, 1.82) is 0 Å². The number of fused-ring (bicyclic) bond motifs is 2. The van der Waals surface area contributed by atoms with E-state index in [-0.39, 0.29) is 11.8 Å². The van der Waals surface area contributed by atoms with Crippen LogP contribution in [0.4, 0.5) is 11.4 Å². The van der Waals surface area contributed by atoms with Crippen LogP contribution in [0.5, 0.6) is 0 Å². The quantitative estimate of drug-likeness (QED) is 0.322. The number of hydrogen-bond donors (Lipinski definition) is 0. The molecule has 2 aliphatic rings. The summed E-state index contributed by atoms with van der Waals surface area (Å²) in [5, 5.41) is 4.29. The Balaban J connectivity index is 1.49. The fraction of sp³-hybridized carbons (Fsp3) is 0.111. The molecule has 3 atom stereocenters.